The lowest BCUT2D eigenvalue weighted by Crippen LogP contribution is -2.43. The summed E-state index contributed by atoms with van der Waals surface area (Å²) < 4.78 is 46.5. The Balaban J connectivity index is 2.12. The van der Waals surface area contributed by atoms with Gasteiger partial charge in [0.25, 0.3) is 0 Å². The molecule has 0 radical (unpaired) electrons. The van der Waals surface area contributed by atoms with Crippen LogP contribution in [0.2, 0.25) is 0 Å². The highest BCUT2D eigenvalue weighted by Gasteiger charge is 2.47. The van der Waals surface area contributed by atoms with E-state index < -0.39 is 18.1 Å². The van der Waals surface area contributed by atoms with Gasteiger partial charge in [0.15, 0.2) is 0 Å². The summed E-state index contributed by atoms with van der Waals surface area (Å²) in [7, 11) is 0. The predicted molar refractivity (Wildman–Crippen MR) is 83.4 cm³/mol. The van der Waals surface area contributed by atoms with Gasteiger partial charge >= 0.3 is 6.18 Å². The summed E-state index contributed by atoms with van der Waals surface area (Å²) in [6.45, 7) is 2.15. The number of hydrogen-bond donors (Lipinski definition) is 1. The molecule has 1 fully saturated rings. The molecule has 0 aliphatic carbocycles. The molecule has 1 aliphatic rings. The number of carbonyl (C=O) groups is 1. The minimum absolute atomic E-state index is 0.0137. The van der Waals surface area contributed by atoms with E-state index in [0.717, 1.165) is 10.4 Å². The van der Waals surface area contributed by atoms with Gasteiger partial charge in [-0.3, -0.25) is 10.2 Å². The molecule has 1 heterocycles. The summed E-state index contributed by atoms with van der Waals surface area (Å²) in [4.78, 5) is 11.4. The fourth-order valence-corrected chi connectivity index (χ4v) is 2.96. The highest BCUT2D eigenvalue weighted by molar-refractivity contribution is 5.89. The number of nitrogens with one attached hydrogen (secondary N) is 1. The molecule has 3 rings (SSSR count). The van der Waals surface area contributed by atoms with Crippen LogP contribution in [-0.2, 0) is 4.79 Å². The van der Waals surface area contributed by atoms with Gasteiger partial charge < -0.3 is 4.74 Å². The number of benzene rings is 2. The second-order valence-electron chi connectivity index (χ2n) is 5.60. The molecule has 0 saturated carbocycles. The van der Waals surface area contributed by atoms with Crippen LogP contribution < -0.4 is 10.2 Å². The zero-order valence-corrected chi connectivity index (χ0v) is 13.1. The van der Waals surface area contributed by atoms with Crippen LogP contribution in [0.15, 0.2) is 36.4 Å². The second-order valence-corrected chi connectivity index (χ2v) is 5.60. The van der Waals surface area contributed by atoms with Crippen LogP contribution in [-0.4, -0.2) is 30.2 Å². The third kappa shape index (κ3) is 3.17. The molecule has 2 aromatic rings. The van der Waals surface area contributed by atoms with Gasteiger partial charge in [0.05, 0.1) is 6.61 Å². The van der Waals surface area contributed by atoms with Gasteiger partial charge in [-0.25, -0.2) is 5.01 Å². The Bertz CT molecular complexity index is 761. The van der Waals surface area contributed by atoms with E-state index in [4.69, 9.17) is 4.74 Å². The van der Waals surface area contributed by atoms with Gasteiger partial charge in [-0.15, -0.1) is 0 Å². The first-order valence-electron chi connectivity index (χ1n) is 7.68. The van der Waals surface area contributed by atoms with E-state index in [1.807, 2.05) is 12.1 Å². The molecular weight excluding hydrogens is 321 g/mol. The molecule has 0 spiro atoms. The lowest BCUT2D eigenvalue weighted by molar-refractivity contribution is -0.191. The van der Waals surface area contributed by atoms with Crippen LogP contribution in [0.3, 0.4) is 0 Å². The quantitative estimate of drug-likeness (QED) is 0.926. The number of rotatable bonds is 4. The number of hydrazine groups is 1. The topological polar surface area (TPSA) is 41.6 Å². The Hall–Kier alpha value is -2.28. The van der Waals surface area contributed by atoms with Crippen molar-refractivity contribution < 1.29 is 22.7 Å². The van der Waals surface area contributed by atoms with Crippen molar-refractivity contribution in [3.8, 4) is 5.75 Å². The van der Waals surface area contributed by atoms with E-state index in [1.54, 1.807) is 19.1 Å². The molecule has 0 aromatic heterocycles. The van der Waals surface area contributed by atoms with Crippen LogP contribution in [0.4, 0.5) is 13.2 Å². The first-order chi connectivity index (χ1) is 11.4. The largest absolute Gasteiger partial charge is 0.493 e. The maximum absolute atomic E-state index is 13.7. The minimum atomic E-state index is -4.52. The molecule has 1 amide bonds. The molecule has 1 N–H and O–H groups in total. The van der Waals surface area contributed by atoms with Gasteiger partial charge in [0, 0.05) is 18.4 Å². The lowest BCUT2D eigenvalue weighted by Gasteiger charge is -2.29. The summed E-state index contributed by atoms with van der Waals surface area (Å²) in [5.74, 6) is 0.000411. The third-order valence-corrected chi connectivity index (χ3v) is 3.93. The number of alkyl halides is 3. The zero-order chi connectivity index (χ0) is 17.3. The Labute approximate surface area is 137 Å². The number of fused-ring (bicyclic) bond motifs is 1. The van der Waals surface area contributed by atoms with Crippen LogP contribution in [0.5, 0.6) is 5.75 Å². The summed E-state index contributed by atoms with van der Waals surface area (Å²) in [6, 6.07) is 8.14. The fraction of sp³-hybridized carbons (Fsp3) is 0.353. The van der Waals surface area contributed by atoms with Gasteiger partial charge in [0.1, 0.15) is 11.8 Å². The lowest BCUT2D eigenvalue weighted by atomic mass is 10.00. The van der Waals surface area contributed by atoms with Crippen LogP contribution in [0.25, 0.3) is 10.8 Å². The maximum atomic E-state index is 13.7. The third-order valence-electron chi connectivity index (χ3n) is 3.93. The van der Waals surface area contributed by atoms with Gasteiger partial charge in [0.2, 0.25) is 5.91 Å². The molecule has 1 saturated heterocycles. The fourth-order valence-electron chi connectivity index (χ4n) is 2.96. The monoisotopic (exact) mass is 338 g/mol. The van der Waals surface area contributed by atoms with Crippen molar-refractivity contribution in [2.75, 3.05) is 13.2 Å². The van der Waals surface area contributed by atoms with Crippen molar-refractivity contribution in [1.82, 2.24) is 10.4 Å². The van der Waals surface area contributed by atoms with Crippen LogP contribution in [0, 0.1) is 0 Å². The van der Waals surface area contributed by atoms with Gasteiger partial charge in [-0.1, -0.05) is 24.3 Å². The number of ether oxygens (including phenoxy) is 1. The number of amides is 1. The highest BCUT2D eigenvalue weighted by Crippen LogP contribution is 2.41. The molecular formula is C17H17F3N2O2. The van der Waals surface area contributed by atoms with Crippen LogP contribution in [0.1, 0.15) is 24.9 Å². The molecule has 128 valence electrons. The van der Waals surface area contributed by atoms with Crippen molar-refractivity contribution in [2.24, 2.45) is 0 Å². The Morgan fingerprint density at radius 3 is 2.67 bits per heavy atom. The summed E-state index contributed by atoms with van der Waals surface area (Å²) >= 11 is 0. The van der Waals surface area contributed by atoms with Crippen molar-refractivity contribution >= 4 is 16.7 Å². The van der Waals surface area contributed by atoms with Crippen molar-refractivity contribution in [3.05, 3.63) is 42.0 Å². The van der Waals surface area contributed by atoms with Crippen molar-refractivity contribution in [1.29, 1.82) is 0 Å². The molecule has 7 heteroatoms. The molecule has 4 nitrogen and oxygen atoms in total. The van der Waals surface area contributed by atoms with E-state index in [1.165, 1.54) is 12.1 Å². The van der Waals surface area contributed by atoms with Gasteiger partial charge in [-0.2, -0.15) is 13.2 Å². The molecule has 0 bridgehead atoms. The van der Waals surface area contributed by atoms with Crippen molar-refractivity contribution in [3.63, 3.8) is 0 Å². The van der Waals surface area contributed by atoms with E-state index in [0.29, 0.717) is 17.7 Å². The second kappa shape index (κ2) is 6.32. The van der Waals surface area contributed by atoms with Crippen molar-refractivity contribution in [2.45, 2.75) is 25.6 Å². The Kier molecular flexibility index (Phi) is 4.36. The SMILES string of the molecule is CCOc1cc([C@H](N2CCC(=O)N2)C(F)(F)F)cc2ccccc12. The maximum Gasteiger partial charge on any atom is 0.409 e. The highest BCUT2D eigenvalue weighted by atomic mass is 19.4. The summed E-state index contributed by atoms with van der Waals surface area (Å²) in [6.07, 6.45) is -4.47. The average molecular weight is 338 g/mol. The summed E-state index contributed by atoms with van der Waals surface area (Å²) in [5, 5.41) is 2.37. The molecule has 0 unspecified atom stereocenters. The molecule has 24 heavy (non-hydrogen) atoms. The summed E-state index contributed by atoms with van der Waals surface area (Å²) in [5.41, 5.74) is 2.34. The van der Waals surface area contributed by atoms with E-state index in [-0.39, 0.29) is 18.5 Å². The number of hydrogen-bond acceptors (Lipinski definition) is 3. The standard InChI is InChI=1S/C17H17F3N2O2/c1-2-24-14-10-12(9-11-5-3-4-6-13(11)14)16(17(18,19)20)22-8-7-15(23)21-22/h3-6,9-10,16H,2,7-8H2,1H3,(H,21,23)/t16-/m0/s1. The van der Waals surface area contributed by atoms with Crippen LogP contribution >= 0.6 is 0 Å². The first kappa shape index (κ1) is 16.6. The van der Waals surface area contributed by atoms with E-state index in [9.17, 15) is 18.0 Å². The van der Waals surface area contributed by atoms with E-state index >= 15 is 0 Å². The number of carbonyl (C=O) groups excluding carboxylic acids is 1. The molecule has 1 aliphatic heterocycles. The van der Waals surface area contributed by atoms with E-state index in [2.05, 4.69) is 5.43 Å². The number of nitrogens with zero attached hydrogens (tertiary/aromatic N) is 1. The normalized spacial score (nSPS) is 17.1. The van der Waals surface area contributed by atoms with Gasteiger partial charge in [-0.05, 0) is 30.0 Å². The minimum Gasteiger partial charge on any atom is -0.493 e. The first-order valence-corrected chi connectivity index (χ1v) is 7.68. The number of halogens is 3. The Morgan fingerprint density at radius 1 is 1.29 bits per heavy atom. The average Bonchev–Trinajstić information content (AvgIpc) is 2.92. The molecule has 1 atom stereocenters. The predicted octanol–water partition coefficient (Wildman–Crippen LogP) is 3.58. The zero-order valence-electron chi connectivity index (χ0n) is 13.1. The molecule has 2 aromatic carbocycles. The Morgan fingerprint density at radius 2 is 2.04 bits per heavy atom. The smallest absolute Gasteiger partial charge is 0.409 e.